The minimum Gasteiger partial charge on any atom is -0.486 e. The zero-order chi connectivity index (χ0) is 19.1. The first kappa shape index (κ1) is 17.5. The van der Waals surface area contributed by atoms with E-state index in [1.165, 1.54) is 30.0 Å². The van der Waals surface area contributed by atoms with Gasteiger partial charge in [-0.2, -0.15) is 0 Å². The number of fused-ring (bicyclic) bond motifs is 2. The quantitative estimate of drug-likeness (QED) is 0.846. The molecule has 7 heteroatoms. The second-order valence-electron chi connectivity index (χ2n) is 6.79. The van der Waals surface area contributed by atoms with Crippen LogP contribution < -0.4 is 15.0 Å². The summed E-state index contributed by atoms with van der Waals surface area (Å²) in [6.07, 6.45) is -1.20. The zero-order valence-electron chi connectivity index (χ0n) is 14.6. The number of amides is 2. The third-order valence-corrected chi connectivity index (χ3v) is 5.10. The van der Waals surface area contributed by atoms with E-state index >= 15 is 0 Å². The van der Waals surface area contributed by atoms with E-state index in [-0.39, 0.29) is 11.5 Å². The summed E-state index contributed by atoms with van der Waals surface area (Å²) in [5, 5.41) is 13.5. The van der Waals surface area contributed by atoms with E-state index < -0.39 is 36.0 Å². The molecule has 2 N–H and O–H groups in total. The van der Waals surface area contributed by atoms with E-state index in [4.69, 9.17) is 4.74 Å². The zero-order valence-corrected chi connectivity index (χ0v) is 14.6. The molecule has 2 aromatic rings. The van der Waals surface area contributed by atoms with Crippen molar-refractivity contribution in [1.82, 2.24) is 5.32 Å². The number of carbonyl (C=O) groups is 2. The summed E-state index contributed by atoms with van der Waals surface area (Å²) in [4.78, 5) is 26.2. The lowest BCUT2D eigenvalue weighted by Gasteiger charge is -2.39. The van der Waals surface area contributed by atoms with Gasteiger partial charge in [-0.1, -0.05) is 24.3 Å². The highest BCUT2D eigenvalue weighted by atomic mass is 19.1. The molecule has 1 aliphatic heterocycles. The Morgan fingerprint density at radius 3 is 2.63 bits per heavy atom. The molecule has 1 saturated carbocycles. The minimum absolute atomic E-state index is 0.0906. The van der Waals surface area contributed by atoms with Gasteiger partial charge in [0, 0.05) is 13.3 Å². The average Bonchev–Trinajstić information content (AvgIpc) is 2.95. The average molecular weight is 370 g/mol. The summed E-state index contributed by atoms with van der Waals surface area (Å²) in [5.41, 5.74) is 0.499. The van der Waals surface area contributed by atoms with Gasteiger partial charge < -0.3 is 15.2 Å². The van der Waals surface area contributed by atoms with Gasteiger partial charge in [-0.15, -0.1) is 0 Å². The Morgan fingerprint density at radius 1 is 1.19 bits per heavy atom. The number of hydrogen-bond donors (Lipinski definition) is 2. The summed E-state index contributed by atoms with van der Waals surface area (Å²) in [7, 11) is 0. The van der Waals surface area contributed by atoms with Crippen molar-refractivity contribution >= 4 is 17.5 Å². The van der Waals surface area contributed by atoms with Gasteiger partial charge >= 0.3 is 0 Å². The number of hydrogen-bond acceptors (Lipinski definition) is 4. The van der Waals surface area contributed by atoms with Gasteiger partial charge in [0.05, 0.1) is 23.4 Å². The van der Waals surface area contributed by atoms with Gasteiger partial charge in [0.2, 0.25) is 5.91 Å². The van der Waals surface area contributed by atoms with Crippen molar-refractivity contribution in [1.29, 1.82) is 0 Å². The molecule has 2 aliphatic rings. The normalized spacial score (nSPS) is 26.0. The Balaban J connectivity index is 1.59. The number of carbonyl (C=O) groups excluding carboxylic acids is 2. The van der Waals surface area contributed by atoms with Gasteiger partial charge in [0.1, 0.15) is 23.7 Å². The van der Waals surface area contributed by atoms with Crippen molar-refractivity contribution in [2.24, 2.45) is 0 Å². The first-order valence-corrected chi connectivity index (χ1v) is 8.76. The van der Waals surface area contributed by atoms with Crippen LogP contribution in [0.1, 0.15) is 23.7 Å². The minimum atomic E-state index is -1.04. The fourth-order valence-corrected chi connectivity index (χ4v) is 3.92. The molecule has 4 rings (SSSR count). The van der Waals surface area contributed by atoms with Crippen LogP contribution in [-0.4, -0.2) is 41.2 Å². The van der Waals surface area contributed by atoms with E-state index in [1.807, 2.05) is 0 Å². The molecule has 2 aromatic carbocycles. The molecule has 1 aliphatic carbocycles. The molecule has 0 saturated heterocycles. The van der Waals surface area contributed by atoms with Gasteiger partial charge in [0.25, 0.3) is 5.91 Å². The van der Waals surface area contributed by atoms with Gasteiger partial charge in [-0.25, -0.2) is 4.39 Å². The van der Waals surface area contributed by atoms with Crippen LogP contribution in [0.2, 0.25) is 0 Å². The molecular formula is C20H19FN2O4. The molecule has 0 spiro atoms. The molecule has 1 heterocycles. The molecule has 1 fully saturated rings. The molecule has 0 unspecified atom stereocenters. The Bertz CT molecular complexity index is 903. The maximum absolute atomic E-state index is 13.9. The van der Waals surface area contributed by atoms with Crippen molar-refractivity contribution in [3.8, 4) is 5.75 Å². The van der Waals surface area contributed by atoms with Crippen LogP contribution in [0.3, 0.4) is 0 Å². The lowest BCUT2D eigenvalue weighted by molar-refractivity contribution is -0.118. The van der Waals surface area contributed by atoms with E-state index in [0.29, 0.717) is 17.9 Å². The van der Waals surface area contributed by atoms with Crippen molar-refractivity contribution in [3.63, 3.8) is 0 Å². The van der Waals surface area contributed by atoms with Crippen molar-refractivity contribution in [2.45, 2.75) is 37.6 Å². The Kier molecular flexibility index (Phi) is 4.31. The number of ether oxygens (including phenoxy) is 1. The maximum atomic E-state index is 13.9. The Morgan fingerprint density at radius 2 is 1.89 bits per heavy atom. The highest BCUT2D eigenvalue weighted by Gasteiger charge is 2.51. The third kappa shape index (κ3) is 2.94. The largest absolute Gasteiger partial charge is 0.486 e. The monoisotopic (exact) mass is 370 g/mol. The number of nitrogens with one attached hydrogen (secondary N) is 1. The number of aliphatic hydroxyl groups excluding tert-OH is 1. The first-order valence-electron chi connectivity index (χ1n) is 8.76. The molecule has 0 radical (unpaired) electrons. The number of rotatable bonds is 2. The van der Waals surface area contributed by atoms with Crippen LogP contribution >= 0.6 is 0 Å². The van der Waals surface area contributed by atoms with Crippen LogP contribution in [0, 0.1) is 5.82 Å². The lowest BCUT2D eigenvalue weighted by atomic mass is 10.1. The first-order chi connectivity index (χ1) is 13.0. The molecular weight excluding hydrogens is 351 g/mol. The van der Waals surface area contributed by atoms with Gasteiger partial charge in [0.15, 0.2) is 0 Å². The highest BCUT2D eigenvalue weighted by Crippen LogP contribution is 2.42. The Hall–Kier alpha value is -2.93. The smallest absolute Gasteiger partial charge is 0.254 e. The molecule has 0 bridgehead atoms. The second kappa shape index (κ2) is 6.66. The van der Waals surface area contributed by atoms with Gasteiger partial charge in [-0.05, 0) is 24.3 Å². The number of aliphatic hydroxyl groups is 1. The lowest BCUT2D eigenvalue weighted by Crippen LogP contribution is -2.55. The maximum Gasteiger partial charge on any atom is 0.254 e. The van der Waals surface area contributed by atoms with Crippen LogP contribution in [0.5, 0.6) is 5.75 Å². The molecule has 0 aromatic heterocycles. The summed E-state index contributed by atoms with van der Waals surface area (Å²) in [6, 6.07) is 11.5. The number of benzene rings is 2. The van der Waals surface area contributed by atoms with E-state index in [9.17, 15) is 19.1 Å². The summed E-state index contributed by atoms with van der Waals surface area (Å²) in [6.45, 7) is 1.43. The predicted octanol–water partition coefficient (Wildman–Crippen LogP) is 1.87. The highest BCUT2D eigenvalue weighted by molar-refractivity contribution is 5.96. The van der Waals surface area contributed by atoms with E-state index in [2.05, 4.69) is 5.32 Å². The second-order valence-corrected chi connectivity index (χ2v) is 6.79. The van der Waals surface area contributed by atoms with Crippen LogP contribution in [0.25, 0.3) is 0 Å². The van der Waals surface area contributed by atoms with E-state index in [1.54, 1.807) is 30.3 Å². The fourth-order valence-electron chi connectivity index (χ4n) is 3.92. The van der Waals surface area contributed by atoms with Crippen LogP contribution in [0.15, 0.2) is 48.5 Å². The summed E-state index contributed by atoms with van der Waals surface area (Å²) in [5.74, 6) is -0.903. The predicted molar refractivity (Wildman–Crippen MR) is 96.1 cm³/mol. The third-order valence-electron chi connectivity index (χ3n) is 5.10. The molecule has 2 amide bonds. The van der Waals surface area contributed by atoms with Gasteiger partial charge in [-0.3, -0.25) is 14.5 Å². The SMILES string of the molecule is CC(=O)N1c2ccccc2O[C@@H]2C[C@@H](NC(=O)c3ccccc3F)[C@@H](O)[C@@H]21. The van der Waals surface area contributed by atoms with Crippen LogP contribution in [0.4, 0.5) is 10.1 Å². The van der Waals surface area contributed by atoms with Crippen molar-refractivity contribution in [2.75, 3.05) is 4.90 Å². The number of nitrogens with zero attached hydrogens (tertiary/aromatic N) is 1. The standard InChI is InChI=1S/C20H19FN2O4/c1-11(24)23-15-8-4-5-9-16(15)27-17-10-14(19(25)18(17)23)22-20(26)12-6-2-3-7-13(12)21/h2-9,14,17-19,25H,10H2,1H3,(H,22,26)/t14-,17-,18-,19-/m1/s1. The molecule has 4 atom stereocenters. The van der Waals surface area contributed by atoms with Crippen molar-refractivity contribution in [3.05, 3.63) is 59.9 Å². The van der Waals surface area contributed by atoms with E-state index in [0.717, 1.165) is 0 Å². The van der Waals surface area contributed by atoms with Crippen molar-refractivity contribution < 1.29 is 23.8 Å². The fraction of sp³-hybridized carbons (Fsp3) is 0.300. The summed E-state index contributed by atoms with van der Waals surface area (Å²) < 4.78 is 19.8. The summed E-state index contributed by atoms with van der Waals surface area (Å²) >= 11 is 0. The van der Waals surface area contributed by atoms with Crippen LogP contribution in [-0.2, 0) is 4.79 Å². The number of anilines is 1. The molecule has 27 heavy (non-hydrogen) atoms. The topological polar surface area (TPSA) is 78.9 Å². The number of para-hydroxylation sites is 2. The molecule has 140 valence electrons. The number of halogens is 1. The Labute approximate surface area is 155 Å². The molecule has 6 nitrogen and oxygen atoms in total.